The predicted molar refractivity (Wildman–Crippen MR) is 133 cm³/mol. The number of amides is 1. The van der Waals surface area contributed by atoms with E-state index in [1.807, 2.05) is 54.6 Å². The lowest BCUT2D eigenvalue weighted by Gasteiger charge is -2.22. The molecule has 0 aliphatic carbocycles. The Kier molecular flexibility index (Phi) is 5.32. The van der Waals surface area contributed by atoms with Crippen molar-refractivity contribution >= 4 is 44.9 Å². The number of halogens is 1. The van der Waals surface area contributed by atoms with Gasteiger partial charge in [0, 0.05) is 5.02 Å². The molecule has 0 bridgehead atoms. The van der Waals surface area contributed by atoms with E-state index in [0.717, 1.165) is 5.56 Å². The zero-order valence-corrected chi connectivity index (χ0v) is 19.6. The number of carbonyl (C=O) groups is 1. The molecule has 7 nitrogen and oxygen atoms in total. The third-order valence-electron chi connectivity index (χ3n) is 5.81. The third-order valence-corrected chi connectivity index (χ3v) is 6.73. The lowest BCUT2D eigenvalue weighted by Crippen LogP contribution is -2.29. The number of hydrogen-bond acceptors (Lipinski definition) is 7. The predicted octanol–water partition coefficient (Wildman–Crippen LogP) is 5.63. The van der Waals surface area contributed by atoms with Crippen molar-refractivity contribution in [1.29, 1.82) is 0 Å². The van der Waals surface area contributed by atoms with Crippen LogP contribution < -0.4 is 15.1 Å². The molecule has 0 spiro atoms. The van der Waals surface area contributed by atoms with Crippen LogP contribution in [0.15, 0.2) is 87.5 Å². The Hall–Kier alpha value is -4.01. The number of hydrogen-bond donors (Lipinski definition) is 0. The van der Waals surface area contributed by atoms with E-state index in [1.54, 1.807) is 18.2 Å². The summed E-state index contributed by atoms with van der Waals surface area (Å²) in [4.78, 5) is 28.6. The number of rotatable bonds is 5. The molecule has 1 aliphatic heterocycles. The van der Waals surface area contributed by atoms with Crippen LogP contribution in [-0.2, 0) is 6.61 Å². The average molecular weight is 502 g/mol. The number of nitrogens with zero attached hydrogens (tertiary/aromatic N) is 3. The van der Waals surface area contributed by atoms with Gasteiger partial charge in [-0.15, -0.1) is 10.2 Å². The third kappa shape index (κ3) is 3.77. The minimum absolute atomic E-state index is 0.0133. The Labute approximate surface area is 208 Å². The van der Waals surface area contributed by atoms with Gasteiger partial charge in [0.25, 0.3) is 5.91 Å². The van der Waals surface area contributed by atoms with Crippen molar-refractivity contribution in [2.45, 2.75) is 12.6 Å². The summed E-state index contributed by atoms with van der Waals surface area (Å²) >= 11 is 7.35. The highest BCUT2D eigenvalue weighted by molar-refractivity contribution is 7.13. The van der Waals surface area contributed by atoms with Gasteiger partial charge in [0.05, 0.1) is 17.0 Å². The van der Waals surface area contributed by atoms with Crippen molar-refractivity contribution in [1.82, 2.24) is 10.2 Å². The number of benzene rings is 3. The maximum Gasteiger partial charge on any atom is 0.297 e. The van der Waals surface area contributed by atoms with Gasteiger partial charge >= 0.3 is 0 Å². The van der Waals surface area contributed by atoms with Crippen molar-refractivity contribution < 1.29 is 13.9 Å². The molecule has 0 fully saturated rings. The van der Waals surface area contributed by atoms with Crippen LogP contribution in [0.4, 0.5) is 5.13 Å². The molecule has 35 heavy (non-hydrogen) atoms. The summed E-state index contributed by atoms with van der Waals surface area (Å²) in [5.74, 6) is 0.143. The number of aromatic nitrogens is 2. The lowest BCUT2D eigenvalue weighted by atomic mass is 9.98. The molecule has 5 aromatic rings. The van der Waals surface area contributed by atoms with Crippen LogP contribution in [0.2, 0.25) is 5.02 Å². The quantitative estimate of drug-likeness (QED) is 0.310. The second-order valence-electron chi connectivity index (χ2n) is 7.96. The van der Waals surface area contributed by atoms with Crippen LogP contribution in [0.3, 0.4) is 0 Å². The van der Waals surface area contributed by atoms with Gasteiger partial charge in [-0.25, -0.2) is 0 Å². The summed E-state index contributed by atoms with van der Waals surface area (Å²) in [5, 5.41) is 9.06. The number of ether oxygens (including phenoxy) is 1. The zero-order chi connectivity index (χ0) is 23.9. The first-order valence-corrected chi connectivity index (χ1v) is 12.0. The molecule has 0 saturated heterocycles. The lowest BCUT2D eigenvalue weighted by molar-refractivity contribution is 0.0970. The molecule has 6 rings (SSSR count). The first-order valence-electron chi connectivity index (χ1n) is 10.7. The van der Waals surface area contributed by atoms with E-state index in [0.29, 0.717) is 39.0 Å². The topological polar surface area (TPSA) is 85.5 Å². The maximum atomic E-state index is 13.7. The molecular formula is C26H16ClN3O4S. The molecular weight excluding hydrogens is 486 g/mol. The molecule has 3 aromatic carbocycles. The van der Waals surface area contributed by atoms with E-state index in [1.165, 1.54) is 21.7 Å². The molecule has 0 radical (unpaired) electrons. The standard InChI is InChI=1S/C26H16ClN3O4S/c27-17-9-10-20-19(12-17)23(31)21-22(30(25(32)24(21)34-20)26-29-28-14-35-26)16-7-4-8-18(11-16)33-13-15-5-2-1-3-6-15/h1-12,14,22H,13H2. The Morgan fingerprint density at radius 2 is 1.89 bits per heavy atom. The Morgan fingerprint density at radius 3 is 2.69 bits per heavy atom. The smallest absolute Gasteiger partial charge is 0.297 e. The molecule has 2 aromatic heterocycles. The fourth-order valence-corrected chi connectivity index (χ4v) is 5.00. The van der Waals surface area contributed by atoms with Gasteiger partial charge in [-0.3, -0.25) is 14.5 Å². The molecule has 1 amide bonds. The van der Waals surface area contributed by atoms with Crippen molar-refractivity contribution in [2.24, 2.45) is 0 Å². The van der Waals surface area contributed by atoms with Crippen LogP contribution in [-0.4, -0.2) is 16.1 Å². The largest absolute Gasteiger partial charge is 0.489 e. The average Bonchev–Trinajstić information content (AvgIpc) is 3.51. The summed E-state index contributed by atoms with van der Waals surface area (Å²) in [6.45, 7) is 0.385. The maximum absolute atomic E-state index is 13.7. The fourth-order valence-electron chi connectivity index (χ4n) is 4.25. The van der Waals surface area contributed by atoms with Crippen LogP contribution in [0, 0.1) is 0 Å². The highest BCUT2D eigenvalue weighted by Gasteiger charge is 2.45. The van der Waals surface area contributed by atoms with Gasteiger partial charge in [0.15, 0.2) is 5.43 Å². The monoisotopic (exact) mass is 501 g/mol. The Balaban J connectivity index is 1.48. The van der Waals surface area contributed by atoms with Gasteiger partial charge in [0.1, 0.15) is 23.4 Å². The van der Waals surface area contributed by atoms with E-state index >= 15 is 0 Å². The summed E-state index contributed by atoms with van der Waals surface area (Å²) in [5.41, 5.74) is 3.47. The SMILES string of the molecule is O=C1c2oc3ccc(Cl)cc3c(=O)c2C(c2cccc(OCc3ccccc3)c2)N1c1nncs1. The van der Waals surface area contributed by atoms with Crippen LogP contribution in [0.5, 0.6) is 5.75 Å². The first kappa shape index (κ1) is 21.5. The molecule has 1 aliphatic rings. The highest BCUT2D eigenvalue weighted by atomic mass is 35.5. The van der Waals surface area contributed by atoms with Gasteiger partial charge in [0.2, 0.25) is 10.9 Å². The van der Waals surface area contributed by atoms with Gasteiger partial charge in [-0.2, -0.15) is 0 Å². The fraction of sp³-hybridized carbons (Fsp3) is 0.0769. The molecule has 1 atom stereocenters. The van der Waals surface area contributed by atoms with E-state index < -0.39 is 11.9 Å². The zero-order valence-electron chi connectivity index (χ0n) is 18.1. The van der Waals surface area contributed by atoms with Crippen LogP contribution in [0.25, 0.3) is 11.0 Å². The normalized spacial score (nSPS) is 14.9. The number of carbonyl (C=O) groups excluding carboxylic acids is 1. The molecule has 172 valence electrons. The first-order chi connectivity index (χ1) is 17.1. The van der Waals surface area contributed by atoms with Crippen LogP contribution in [0.1, 0.15) is 33.3 Å². The Bertz CT molecular complexity index is 1620. The summed E-state index contributed by atoms with van der Waals surface area (Å²) < 4.78 is 11.9. The highest BCUT2D eigenvalue weighted by Crippen LogP contribution is 2.42. The van der Waals surface area contributed by atoms with Crippen molar-refractivity contribution in [3.63, 3.8) is 0 Å². The summed E-state index contributed by atoms with van der Waals surface area (Å²) in [6, 6.07) is 21.1. The van der Waals surface area contributed by atoms with Crippen molar-refractivity contribution in [3.8, 4) is 5.75 Å². The Morgan fingerprint density at radius 1 is 1.03 bits per heavy atom. The van der Waals surface area contributed by atoms with Gasteiger partial charge in [-0.05, 0) is 41.5 Å². The minimum Gasteiger partial charge on any atom is -0.489 e. The molecule has 0 N–H and O–H groups in total. The van der Waals surface area contributed by atoms with E-state index in [-0.39, 0.29) is 16.8 Å². The minimum atomic E-state index is -0.759. The van der Waals surface area contributed by atoms with E-state index in [4.69, 9.17) is 20.8 Å². The van der Waals surface area contributed by atoms with Gasteiger partial charge < -0.3 is 9.15 Å². The summed E-state index contributed by atoms with van der Waals surface area (Å²) in [6.07, 6.45) is 0. The molecule has 1 unspecified atom stereocenters. The molecule has 9 heteroatoms. The second-order valence-corrected chi connectivity index (χ2v) is 9.21. The van der Waals surface area contributed by atoms with E-state index in [2.05, 4.69) is 10.2 Å². The second kappa shape index (κ2) is 8.65. The molecule has 3 heterocycles. The van der Waals surface area contributed by atoms with Crippen molar-refractivity contribution in [2.75, 3.05) is 4.90 Å². The number of fused-ring (bicyclic) bond motifs is 2. The van der Waals surface area contributed by atoms with E-state index in [9.17, 15) is 9.59 Å². The van der Waals surface area contributed by atoms with Crippen molar-refractivity contribution in [3.05, 3.63) is 116 Å². The van der Waals surface area contributed by atoms with Gasteiger partial charge in [-0.1, -0.05) is 65.4 Å². The summed E-state index contributed by atoms with van der Waals surface area (Å²) in [7, 11) is 0. The number of anilines is 1. The van der Waals surface area contributed by atoms with Crippen LogP contribution >= 0.6 is 22.9 Å². The molecule has 0 saturated carbocycles.